The highest BCUT2D eigenvalue weighted by Crippen LogP contribution is 2.40. The minimum Gasteiger partial charge on any atom is -0.463 e. The molecule has 24 heavy (non-hydrogen) atoms. The van der Waals surface area contributed by atoms with Crippen molar-refractivity contribution in [3.63, 3.8) is 0 Å². The highest BCUT2D eigenvalue weighted by Gasteiger charge is 2.26. The van der Waals surface area contributed by atoms with Crippen LogP contribution in [0.1, 0.15) is 60.8 Å². The molecule has 0 unspecified atom stereocenters. The molecule has 0 saturated carbocycles. The second-order valence-electron chi connectivity index (χ2n) is 7.17. The lowest BCUT2D eigenvalue weighted by Crippen LogP contribution is -2.19. The summed E-state index contributed by atoms with van der Waals surface area (Å²) < 4.78 is 4.89. The highest BCUT2D eigenvalue weighted by atomic mass is 16.5. The Morgan fingerprint density at radius 1 is 1.21 bits per heavy atom. The van der Waals surface area contributed by atoms with E-state index in [9.17, 15) is 4.79 Å². The second kappa shape index (κ2) is 9.46. The Kier molecular flexibility index (Phi) is 7.97. The first-order chi connectivity index (χ1) is 11.3. The van der Waals surface area contributed by atoms with Gasteiger partial charge in [-0.15, -0.1) is 0 Å². The first-order valence-corrected chi connectivity index (χ1v) is 8.84. The lowest BCUT2D eigenvalue weighted by Gasteiger charge is -2.32. The molecule has 0 fully saturated rings. The van der Waals surface area contributed by atoms with Crippen molar-refractivity contribution in [2.45, 2.75) is 60.8 Å². The molecule has 2 nitrogen and oxygen atoms in total. The lowest BCUT2D eigenvalue weighted by molar-refractivity contribution is -0.137. The van der Waals surface area contributed by atoms with E-state index in [1.807, 2.05) is 19.1 Å². The summed E-state index contributed by atoms with van der Waals surface area (Å²) in [7, 11) is 0. The molecule has 0 aromatic heterocycles. The molecule has 0 radical (unpaired) electrons. The van der Waals surface area contributed by atoms with Crippen LogP contribution in [-0.4, -0.2) is 12.6 Å². The largest absolute Gasteiger partial charge is 0.463 e. The third-order valence-corrected chi connectivity index (χ3v) is 4.41. The summed E-state index contributed by atoms with van der Waals surface area (Å²) >= 11 is 0. The van der Waals surface area contributed by atoms with Gasteiger partial charge in [0.1, 0.15) is 0 Å². The summed E-state index contributed by atoms with van der Waals surface area (Å²) in [6.07, 6.45) is 15.7. The third-order valence-electron chi connectivity index (χ3n) is 4.41. The molecule has 0 aromatic carbocycles. The van der Waals surface area contributed by atoms with Gasteiger partial charge in [-0.25, -0.2) is 4.79 Å². The van der Waals surface area contributed by atoms with E-state index >= 15 is 0 Å². The molecule has 1 aliphatic carbocycles. The predicted octanol–water partition coefficient (Wildman–Crippen LogP) is 6.08. The van der Waals surface area contributed by atoms with Crippen LogP contribution < -0.4 is 0 Å². The molecular weight excluding hydrogens is 296 g/mol. The number of carbonyl (C=O) groups excluding carboxylic acids is 1. The maximum atomic E-state index is 11.4. The van der Waals surface area contributed by atoms with Crippen molar-refractivity contribution in [1.29, 1.82) is 0 Å². The topological polar surface area (TPSA) is 26.3 Å². The Hall–Kier alpha value is -1.83. The minimum atomic E-state index is -0.290. The van der Waals surface area contributed by atoms with Gasteiger partial charge in [0.05, 0.1) is 6.61 Å². The zero-order valence-electron chi connectivity index (χ0n) is 16.1. The fourth-order valence-electron chi connectivity index (χ4n) is 3.05. The zero-order valence-corrected chi connectivity index (χ0v) is 16.1. The Morgan fingerprint density at radius 3 is 2.54 bits per heavy atom. The number of hydrogen-bond acceptors (Lipinski definition) is 2. The fraction of sp³-hybridized carbons (Fsp3) is 0.500. The fourth-order valence-corrected chi connectivity index (χ4v) is 3.05. The van der Waals surface area contributed by atoms with E-state index in [4.69, 9.17) is 4.74 Å². The van der Waals surface area contributed by atoms with Crippen LogP contribution in [0.3, 0.4) is 0 Å². The molecule has 0 atom stereocenters. The van der Waals surface area contributed by atoms with Crippen molar-refractivity contribution >= 4 is 5.97 Å². The van der Waals surface area contributed by atoms with Crippen LogP contribution in [0.5, 0.6) is 0 Å². The van der Waals surface area contributed by atoms with Gasteiger partial charge in [-0.1, -0.05) is 55.4 Å². The van der Waals surface area contributed by atoms with Crippen LogP contribution in [0.25, 0.3) is 0 Å². The van der Waals surface area contributed by atoms with E-state index in [-0.39, 0.29) is 11.4 Å². The molecule has 0 aliphatic heterocycles. The number of ether oxygens (including phenoxy) is 1. The van der Waals surface area contributed by atoms with Gasteiger partial charge in [0.2, 0.25) is 0 Å². The quantitative estimate of drug-likeness (QED) is 0.335. The third kappa shape index (κ3) is 6.74. The van der Waals surface area contributed by atoms with Gasteiger partial charge in [0.15, 0.2) is 0 Å². The van der Waals surface area contributed by atoms with Crippen molar-refractivity contribution in [3.8, 4) is 0 Å². The Morgan fingerprint density at radius 2 is 1.92 bits per heavy atom. The van der Waals surface area contributed by atoms with Crippen molar-refractivity contribution < 1.29 is 9.53 Å². The Labute approximate surface area is 147 Å². The van der Waals surface area contributed by atoms with Crippen molar-refractivity contribution in [3.05, 3.63) is 58.7 Å². The van der Waals surface area contributed by atoms with Crippen LogP contribution in [0.4, 0.5) is 0 Å². The van der Waals surface area contributed by atoms with Gasteiger partial charge in [-0.3, -0.25) is 0 Å². The number of esters is 1. The van der Waals surface area contributed by atoms with Crippen LogP contribution >= 0.6 is 0 Å². The summed E-state index contributed by atoms with van der Waals surface area (Å²) in [6.45, 7) is 13.1. The molecule has 0 aromatic rings. The monoisotopic (exact) mass is 328 g/mol. The SMILES string of the molecule is CCOC(=O)\C=C(C)/C=C\C=C(C)/C=C/C1=C(C)CCCC1(C)C. The van der Waals surface area contributed by atoms with E-state index < -0.39 is 0 Å². The maximum absolute atomic E-state index is 11.4. The summed E-state index contributed by atoms with van der Waals surface area (Å²) in [5.74, 6) is -0.290. The molecule has 0 amide bonds. The van der Waals surface area contributed by atoms with E-state index in [0.29, 0.717) is 6.61 Å². The van der Waals surface area contributed by atoms with Gasteiger partial charge in [0, 0.05) is 6.08 Å². The Balaban J connectivity index is 2.73. The zero-order chi connectivity index (χ0) is 18.2. The van der Waals surface area contributed by atoms with Gasteiger partial charge in [-0.05, 0) is 63.5 Å². The standard InChI is InChI=1S/C22H32O2/c1-7-24-21(23)16-18(3)11-8-10-17(2)13-14-20-19(4)12-9-15-22(20,5)6/h8,10-11,13-14,16H,7,9,12,15H2,1-6H3/b11-8-,14-13+,17-10-,18-16-. The number of rotatable bonds is 6. The number of carbonyl (C=O) groups is 1. The lowest BCUT2D eigenvalue weighted by atomic mass is 9.72. The van der Waals surface area contributed by atoms with Crippen molar-refractivity contribution in [2.24, 2.45) is 5.41 Å². The first kappa shape index (κ1) is 20.2. The molecule has 132 valence electrons. The van der Waals surface area contributed by atoms with Crippen molar-refractivity contribution in [2.75, 3.05) is 6.61 Å². The average molecular weight is 328 g/mol. The van der Waals surface area contributed by atoms with Crippen LogP contribution in [0.15, 0.2) is 58.7 Å². The van der Waals surface area contributed by atoms with E-state index in [0.717, 1.165) is 5.57 Å². The molecule has 0 heterocycles. The van der Waals surface area contributed by atoms with Gasteiger partial charge >= 0.3 is 5.97 Å². The van der Waals surface area contributed by atoms with E-state index in [1.165, 1.54) is 42.1 Å². The highest BCUT2D eigenvalue weighted by molar-refractivity contribution is 5.83. The summed E-state index contributed by atoms with van der Waals surface area (Å²) in [5.41, 5.74) is 5.33. The van der Waals surface area contributed by atoms with E-state index in [1.54, 1.807) is 6.92 Å². The van der Waals surface area contributed by atoms with Crippen LogP contribution in [0.2, 0.25) is 0 Å². The smallest absolute Gasteiger partial charge is 0.330 e. The predicted molar refractivity (Wildman–Crippen MR) is 103 cm³/mol. The first-order valence-electron chi connectivity index (χ1n) is 8.84. The van der Waals surface area contributed by atoms with Crippen LogP contribution in [-0.2, 0) is 9.53 Å². The molecule has 1 aliphatic rings. The summed E-state index contributed by atoms with van der Waals surface area (Å²) in [6, 6.07) is 0. The maximum Gasteiger partial charge on any atom is 0.330 e. The minimum absolute atomic E-state index is 0.272. The van der Waals surface area contributed by atoms with E-state index in [2.05, 4.69) is 45.9 Å². The second-order valence-corrected chi connectivity index (χ2v) is 7.17. The summed E-state index contributed by atoms with van der Waals surface area (Å²) in [4.78, 5) is 11.4. The molecule has 1 rings (SSSR count). The van der Waals surface area contributed by atoms with Gasteiger partial charge in [-0.2, -0.15) is 0 Å². The number of allylic oxidation sites excluding steroid dienone is 9. The summed E-state index contributed by atoms with van der Waals surface area (Å²) in [5, 5.41) is 0. The number of hydrogen-bond donors (Lipinski definition) is 0. The Bertz CT molecular complexity index is 595. The molecule has 0 saturated heterocycles. The molecular formula is C22H32O2. The molecule has 0 spiro atoms. The normalized spacial score (nSPS) is 19.4. The average Bonchev–Trinajstić information content (AvgIpc) is 2.46. The van der Waals surface area contributed by atoms with Crippen molar-refractivity contribution in [1.82, 2.24) is 0 Å². The van der Waals surface area contributed by atoms with Gasteiger partial charge in [0.25, 0.3) is 0 Å². The molecule has 2 heteroatoms. The van der Waals surface area contributed by atoms with Crippen LogP contribution in [0, 0.1) is 5.41 Å². The van der Waals surface area contributed by atoms with Gasteiger partial charge < -0.3 is 4.74 Å². The molecule has 0 N–H and O–H groups in total. The molecule has 0 bridgehead atoms.